The van der Waals surface area contributed by atoms with Gasteiger partial charge >= 0.3 is 0 Å². The SMILES string of the molecule is COc1ccc2ccccc2c1/C=C1\SC(=S)N(c2ccc(C)c(C)c2)C1=O. The Labute approximate surface area is 174 Å². The molecule has 1 aliphatic heterocycles. The molecule has 3 nitrogen and oxygen atoms in total. The Morgan fingerprint density at radius 2 is 1.82 bits per heavy atom. The molecule has 28 heavy (non-hydrogen) atoms. The summed E-state index contributed by atoms with van der Waals surface area (Å²) in [6.45, 7) is 4.09. The number of ether oxygens (including phenoxy) is 1. The quantitative estimate of drug-likeness (QED) is 0.402. The van der Waals surface area contributed by atoms with Crippen LogP contribution in [-0.2, 0) is 4.79 Å². The number of nitrogens with zero attached hydrogens (tertiary/aromatic N) is 1. The largest absolute Gasteiger partial charge is 0.496 e. The van der Waals surface area contributed by atoms with Crippen molar-refractivity contribution in [3.8, 4) is 5.75 Å². The highest BCUT2D eigenvalue weighted by atomic mass is 32.2. The number of thiocarbonyl (C=S) groups is 1. The molecule has 5 heteroatoms. The molecule has 0 spiro atoms. The summed E-state index contributed by atoms with van der Waals surface area (Å²) < 4.78 is 6.10. The summed E-state index contributed by atoms with van der Waals surface area (Å²) in [4.78, 5) is 15.4. The van der Waals surface area contributed by atoms with Gasteiger partial charge in [0.25, 0.3) is 5.91 Å². The molecule has 1 heterocycles. The molecule has 0 radical (unpaired) electrons. The molecule has 1 fully saturated rings. The minimum absolute atomic E-state index is 0.103. The number of fused-ring (bicyclic) bond motifs is 1. The van der Waals surface area contributed by atoms with Gasteiger partial charge < -0.3 is 4.74 Å². The Morgan fingerprint density at radius 3 is 2.57 bits per heavy atom. The maximum atomic E-state index is 13.2. The van der Waals surface area contributed by atoms with Crippen molar-refractivity contribution in [1.82, 2.24) is 0 Å². The number of hydrogen-bond acceptors (Lipinski definition) is 4. The summed E-state index contributed by atoms with van der Waals surface area (Å²) in [6.07, 6.45) is 1.89. The molecule has 0 unspecified atom stereocenters. The third-order valence-electron chi connectivity index (χ3n) is 4.97. The van der Waals surface area contributed by atoms with E-state index >= 15 is 0 Å². The number of thioether (sulfide) groups is 1. The van der Waals surface area contributed by atoms with Crippen molar-refractivity contribution in [2.75, 3.05) is 12.0 Å². The molecule has 0 N–H and O–H groups in total. The van der Waals surface area contributed by atoms with Gasteiger partial charge in [-0.1, -0.05) is 60.4 Å². The minimum Gasteiger partial charge on any atom is -0.496 e. The van der Waals surface area contributed by atoms with Gasteiger partial charge in [-0.05, 0) is 60.0 Å². The van der Waals surface area contributed by atoms with Gasteiger partial charge in [-0.2, -0.15) is 0 Å². The number of methoxy groups -OCH3 is 1. The van der Waals surface area contributed by atoms with Crippen LogP contribution >= 0.6 is 24.0 Å². The van der Waals surface area contributed by atoms with Gasteiger partial charge in [0.2, 0.25) is 0 Å². The summed E-state index contributed by atoms with van der Waals surface area (Å²) >= 11 is 6.84. The van der Waals surface area contributed by atoms with Gasteiger partial charge in [-0.15, -0.1) is 0 Å². The monoisotopic (exact) mass is 405 g/mol. The molecule has 0 atom stereocenters. The molecule has 1 aliphatic rings. The fourth-order valence-electron chi connectivity index (χ4n) is 3.29. The molecule has 0 aliphatic carbocycles. The highest BCUT2D eigenvalue weighted by Crippen LogP contribution is 2.39. The lowest BCUT2D eigenvalue weighted by Crippen LogP contribution is -2.27. The second-order valence-electron chi connectivity index (χ2n) is 6.69. The van der Waals surface area contributed by atoms with E-state index in [0.29, 0.717) is 9.23 Å². The molecular formula is C23H19NO2S2. The minimum atomic E-state index is -0.103. The van der Waals surface area contributed by atoms with Gasteiger partial charge in [0.05, 0.1) is 17.7 Å². The number of benzene rings is 3. The van der Waals surface area contributed by atoms with E-state index in [0.717, 1.165) is 33.3 Å². The van der Waals surface area contributed by atoms with Crippen molar-refractivity contribution in [3.05, 3.63) is 76.2 Å². The molecule has 4 rings (SSSR count). The smallest absolute Gasteiger partial charge is 0.270 e. The highest BCUT2D eigenvalue weighted by Gasteiger charge is 2.33. The predicted octanol–water partition coefficient (Wildman–Crippen LogP) is 5.87. The first-order chi connectivity index (χ1) is 13.5. The van der Waals surface area contributed by atoms with Gasteiger partial charge in [-0.3, -0.25) is 9.69 Å². The average Bonchev–Trinajstić information content (AvgIpc) is 2.97. The van der Waals surface area contributed by atoms with Crippen LogP contribution in [0.3, 0.4) is 0 Å². The molecule has 1 amide bonds. The van der Waals surface area contributed by atoms with Gasteiger partial charge in [0.15, 0.2) is 4.32 Å². The van der Waals surface area contributed by atoms with Crippen LogP contribution in [0.4, 0.5) is 5.69 Å². The van der Waals surface area contributed by atoms with E-state index in [1.807, 2.05) is 67.6 Å². The highest BCUT2D eigenvalue weighted by molar-refractivity contribution is 8.27. The molecule has 0 bridgehead atoms. The van der Waals surface area contributed by atoms with Crippen molar-refractivity contribution in [2.24, 2.45) is 0 Å². The zero-order valence-corrected chi connectivity index (χ0v) is 17.5. The molecule has 3 aromatic carbocycles. The number of carbonyl (C=O) groups is 1. The zero-order valence-electron chi connectivity index (χ0n) is 15.9. The van der Waals surface area contributed by atoms with Gasteiger partial charge in [0, 0.05) is 5.56 Å². The standard InChI is InChI=1S/C23H19NO2S2/c1-14-8-10-17(12-15(14)2)24-22(25)21(28-23(24)27)13-19-18-7-5-4-6-16(18)9-11-20(19)26-3/h4-13H,1-3H3/b21-13-. The summed E-state index contributed by atoms with van der Waals surface area (Å²) in [5.41, 5.74) is 4.01. The van der Waals surface area contributed by atoms with Crippen molar-refractivity contribution in [1.29, 1.82) is 0 Å². The van der Waals surface area contributed by atoms with Crippen LogP contribution in [0.25, 0.3) is 16.8 Å². The summed E-state index contributed by atoms with van der Waals surface area (Å²) in [5.74, 6) is 0.628. The molecule has 3 aromatic rings. The van der Waals surface area contributed by atoms with Crippen LogP contribution < -0.4 is 9.64 Å². The fourth-order valence-corrected chi connectivity index (χ4v) is 4.57. The lowest BCUT2D eigenvalue weighted by Gasteiger charge is -2.16. The van der Waals surface area contributed by atoms with Crippen LogP contribution in [0.1, 0.15) is 16.7 Å². The van der Waals surface area contributed by atoms with Crippen molar-refractivity contribution in [3.63, 3.8) is 0 Å². The van der Waals surface area contributed by atoms with E-state index in [1.165, 1.54) is 17.3 Å². The Balaban J connectivity index is 1.80. The Bertz CT molecular complexity index is 1150. The van der Waals surface area contributed by atoms with Crippen molar-refractivity contribution >= 4 is 56.7 Å². The first kappa shape index (κ1) is 18.7. The maximum absolute atomic E-state index is 13.2. The van der Waals surface area contributed by atoms with Crippen molar-refractivity contribution in [2.45, 2.75) is 13.8 Å². The molecule has 140 valence electrons. The number of hydrogen-bond donors (Lipinski definition) is 0. The van der Waals surface area contributed by atoms with E-state index in [-0.39, 0.29) is 5.91 Å². The second kappa shape index (κ2) is 7.41. The molecular weight excluding hydrogens is 386 g/mol. The Morgan fingerprint density at radius 1 is 1.04 bits per heavy atom. The number of anilines is 1. The fraction of sp³-hybridized carbons (Fsp3) is 0.130. The van der Waals surface area contributed by atoms with Crippen LogP contribution in [0.2, 0.25) is 0 Å². The predicted molar refractivity (Wildman–Crippen MR) is 122 cm³/mol. The normalized spacial score (nSPS) is 15.7. The first-order valence-corrected chi connectivity index (χ1v) is 10.1. The number of aryl methyl sites for hydroxylation is 2. The Kier molecular flexibility index (Phi) is 4.96. The topological polar surface area (TPSA) is 29.5 Å². The van der Waals surface area contributed by atoms with Crippen LogP contribution in [0.5, 0.6) is 5.75 Å². The van der Waals surface area contributed by atoms with Gasteiger partial charge in [0.1, 0.15) is 5.75 Å². The maximum Gasteiger partial charge on any atom is 0.270 e. The summed E-state index contributed by atoms with van der Waals surface area (Å²) in [5, 5.41) is 2.14. The Hall–Kier alpha value is -2.63. The van der Waals surface area contributed by atoms with E-state index in [2.05, 4.69) is 6.92 Å². The zero-order chi connectivity index (χ0) is 19.8. The molecule has 0 aromatic heterocycles. The first-order valence-electron chi connectivity index (χ1n) is 8.90. The van der Waals surface area contributed by atoms with Crippen LogP contribution in [0.15, 0.2) is 59.5 Å². The van der Waals surface area contributed by atoms with Crippen LogP contribution in [-0.4, -0.2) is 17.3 Å². The lowest BCUT2D eigenvalue weighted by molar-refractivity contribution is -0.113. The summed E-state index contributed by atoms with van der Waals surface area (Å²) in [6, 6.07) is 18.0. The lowest BCUT2D eigenvalue weighted by atomic mass is 10.0. The van der Waals surface area contributed by atoms with Crippen molar-refractivity contribution < 1.29 is 9.53 Å². The van der Waals surface area contributed by atoms with Gasteiger partial charge in [-0.25, -0.2) is 0 Å². The number of amides is 1. The van der Waals surface area contributed by atoms with E-state index < -0.39 is 0 Å². The van der Waals surface area contributed by atoms with E-state index in [9.17, 15) is 4.79 Å². The van der Waals surface area contributed by atoms with E-state index in [1.54, 1.807) is 12.0 Å². The average molecular weight is 406 g/mol. The number of carbonyl (C=O) groups excluding carboxylic acids is 1. The summed E-state index contributed by atoms with van der Waals surface area (Å²) in [7, 11) is 1.64. The molecule has 1 saturated heterocycles. The third-order valence-corrected chi connectivity index (χ3v) is 6.27. The second-order valence-corrected chi connectivity index (χ2v) is 8.36. The van der Waals surface area contributed by atoms with E-state index in [4.69, 9.17) is 17.0 Å². The number of rotatable bonds is 3. The third kappa shape index (κ3) is 3.21. The molecule has 0 saturated carbocycles. The van der Waals surface area contributed by atoms with Crippen LogP contribution in [0, 0.1) is 13.8 Å².